The van der Waals surface area contributed by atoms with Crippen LogP contribution in [0.15, 0.2) is 47.6 Å². The highest BCUT2D eigenvalue weighted by atomic mass is 35.5. The zero-order chi connectivity index (χ0) is 21.5. The lowest BCUT2D eigenvalue weighted by Crippen LogP contribution is -2.46. The minimum atomic E-state index is 0.157. The van der Waals surface area contributed by atoms with Gasteiger partial charge in [0, 0.05) is 51.9 Å². The molecule has 6 nitrogen and oxygen atoms in total. The first-order valence-corrected chi connectivity index (χ1v) is 12.2. The van der Waals surface area contributed by atoms with E-state index in [0.717, 1.165) is 64.5 Å². The largest absolute Gasteiger partial charge is 0.354 e. The van der Waals surface area contributed by atoms with Crippen LogP contribution < -0.4 is 4.90 Å². The third-order valence-corrected chi connectivity index (χ3v) is 6.64. The van der Waals surface area contributed by atoms with Gasteiger partial charge in [0.2, 0.25) is 5.91 Å². The number of hydrogen-bond donors (Lipinski definition) is 0. The molecule has 2 aromatic rings. The minimum absolute atomic E-state index is 0.157. The van der Waals surface area contributed by atoms with Gasteiger partial charge in [-0.3, -0.25) is 9.69 Å². The highest BCUT2D eigenvalue weighted by Crippen LogP contribution is 2.23. The SMILES string of the molecule is O=C(CSc1nc(Cl)cc(N2CCN(C/C=C/c3ccccc3)CC2)n1)N1CCCC1. The first-order valence-electron chi connectivity index (χ1n) is 10.8. The molecule has 0 saturated carbocycles. The Bertz CT molecular complexity index is 896. The molecule has 0 spiro atoms. The zero-order valence-corrected chi connectivity index (χ0v) is 19.2. The van der Waals surface area contributed by atoms with Crippen molar-refractivity contribution in [3.8, 4) is 0 Å². The van der Waals surface area contributed by atoms with Crippen LogP contribution in [-0.2, 0) is 4.79 Å². The van der Waals surface area contributed by atoms with Crippen molar-refractivity contribution in [1.82, 2.24) is 19.8 Å². The highest BCUT2D eigenvalue weighted by molar-refractivity contribution is 7.99. The van der Waals surface area contributed by atoms with Gasteiger partial charge in [-0.2, -0.15) is 0 Å². The Morgan fingerprint density at radius 3 is 2.52 bits per heavy atom. The lowest BCUT2D eigenvalue weighted by atomic mass is 10.2. The molecule has 2 saturated heterocycles. The number of carbonyl (C=O) groups is 1. The maximum Gasteiger partial charge on any atom is 0.233 e. The van der Waals surface area contributed by atoms with Crippen molar-refractivity contribution in [2.45, 2.75) is 18.0 Å². The number of carbonyl (C=O) groups excluding carboxylic acids is 1. The summed E-state index contributed by atoms with van der Waals surface area (Å²) in [4.78, 5) is 27.9. The van der Waals surface area contributed by atoms with E-state index in [1.54, 1.807) is 0 Å². The number of piperazine rings is 1. The number of halogens is 1. The monoisotopic (exact) mass is 457 g/mol. The Balaban J connectivity index is 1.27. The van der Waals surface area contributed by atoms with Gasteiger partial charge in [0.05, 0.1) is 5.75 Å². The molecule has 0 N–H and O–H groups in total. The molecule has 8 heteroatoms. The normalized spacial score (nSPS) is 17.6. The fourth-order valence-corrected chi connectivity index (χ4v) is 4.84. The lowest BCUT2D eigenvalue weighted by Gasteiger charge is -2.35. The molecule has 4 rings (SSSR count). The first kappa shape index (κ1) is 22.1. The topological polar surface area (TPSA) is 52.6 Å². The average molecular weight is 458 g/mol. The number of thioether (sulfide) groups is 1. The highest BCUT2D eigenvalue weighted by Gasteiger charge is 2.21. The predicted octanol–water partition coefficient (Wildman–Crippen LogP) is 3.68. The van der Waals surface area contributed by atoms with Crippen LogP contribution in [0.1, 0.15) is 18.4 Å². The Labute approximate surface area is 193 Å². The third-order valence-electron chi connectivity index (χ3n) is 5.61. The summed E-state index contributed by atoms with van der Waals surface area (Å²) >= 11 is 7.63. The zero-order valence-electron chi connectivity index (χ0n) is 17.6. The number of rotatable bonds is 7. The van der Waals surface area contributed by atoms with Crippen molar-refractivity contribution >= 4 is 41.2 Å². The average Bonchev–Trinajstić information content (AvgIpc) is 3.33. The second-order valence-corrected chi connectivity index (χ2v) is 9.14. The predicted molar refractivity (Wildman–Crippen MR) is 128 cm³/mol. The smallest absolute Gasteiger partial charge is 0.233 e. The Morgan fingerprint density at radius 1 is 1.03 bits per heavy atom. The second-order valence-electron chi connectivity index (χ2n) is 7.81. The van der Waals surface area contributed by atoms with E-state index in [2.05, 4.69) is 56.2 Å². The van der Waals surface area contributed by atoms with Crippen LogP contribution in [0.2, 0.25) is 5.15 Å². The van der Waals surface area contributed by atoms with Gasteiger partial charge in [0.25, 0.3) is 0 Å². The van der Waals surface area contributed by atoms with Crippen molar-refractivity contribution in [3.63, 3.8) is 0 Å². The van der Waals surface area contributed by atoms with Crippen LogP contribution in [0.25, 0.3) is 6.08 Å². The van der Waals surface area contributed by atoms with Crippen molar-refractivity contribution < 1.29 is 4.79 Å². The molecule has 2 aliphatic heterocycles. The molecule has 1 aromatic heterocycles. The molecule has 2 aliphatic rings. The summed E-state index contributed by atoms with van der Waals surface area (Å²) in [6.45, 7) is 6.39. The molecule has 0 atom stereocenters. The van der Waals surface area contributed by atoms with Gasteiger partial charge in [0.15, 0.2) is 5.16 Å². The Morgan fingerprint density at radius 2 is 1.77 bits per heavy atom. The summed E-state index contributed by atoms with van der Waals surface area (Å²) in [5.74, 6) is 1.36. The standard InChI is InChI=1S/C23H28ClN5OS/c24-20-17-21(26-23(25-20)31-18-22(30)29-11-4-5-12-29)28-15-13-27(14-16-28)10-6-9-19-7-2-1-3-8-19/h1-3,6-9,17H,4-5,10-16,18H2/b9-6+. The van der Waals surface area contributed by atoms with Gasteiger partial charge in [0.1, 0.15) is 11.0 Å². The van der Waals surface area contributed by atoms with E-state index in [0.29, 0.717) is 16.1 Å². The number of likely N-dealkylation sites (tertiary alicyclic amines) is 1. The van der Waals surface area contributed by atoms with E-state index in [1.165, 1.54) is 17.3 Å². The van der Waals surface area contributed by atoms with Gasteiger partial charge in [-0.25, -0.2) is 9.97 Å². The quantitative estimate of drug-likeness (QED) is 0.359. The van der Waals surface area contributed by atoms with Gasteiger partial charge < -0.3 is 9.80 Å². The van der Waals surface area contributed by atoms with E-state index >= 15 is 0 Å². The molecule has 0 radical (unpaired) electrons. The van der Waals surface area contributed by atoms with Crippen LogP contribution in [0.5, 0.6) is 0 Å². The Kier molecular flexibility index (Phi) is 7.83. The summed E-state index contributed by atoms with van der Waals surface area (Å²) in [5.41, 5.74) is 1.23. The molecule has 0 bridgehead atoms. The summed E-state index contributed by atoms with van der Waals surface area (Å²) < 4.78 is 0. The van der Waals surface area contributed by atoms with Crippen LogP contribution in [0.4, 0.5) is 5.82 Å². The molecule has 3 heterocycles. The van der Waals surface area contributed by atoms with Gasteiger partial charge in [-0.1, -0.05) is 65.8 Å². The van der Waals surface area contributed by atoms with E-state index in [4.69, 9.17) is 11.6 Å². The molecule has 1 aromatic carbocycles. The molecule has 1 amide bonds. The van der Waals surface area contributed by atoms with Crippen molar-refractivity contribution in [3.05, 3.63) is 53.2 Å². The van der Waals surface area contributed by atoms with Crippen LogP contribution in [0, 0.1) is 0 Å². The molecule has 164 valence electrons. The molecule has 0 unspecified atom stereocenters. The fourth-order valence-electron chi connectivity index (χ4n) is 3.86. The third kappa shape index (κ3) is 6.45. The summed E-state index contributed by atoms with van der Waals surface area (Å²) in [6.07, 6.45) is 6.59. The summed E-state index contributed by atoms with van der Waals surface area (Å²) in [6, 6.07) is 12.2. The number of anilines is 1. The van der Waals surface area contributed by atoms with E-state index in [-0.39, 0.29) is 5.91 Å². The Hall–Kier alpha value is -2.09. The maximum absolute atomic E-state index is 12.3. The molecule has 0 aliphatic carbocycles. The van der Waals surface area contributed by atoms with Crippen LogP contribution >= 0.6 is 23.4 Å². The van der Waals surface area contributed by atoms with Crippen molar-refractivity contribution in [2.75, 3.05) is 56.5 Å². The van der Waals surface area contributed by atoms with Gasteiger partial charge in [-0.05, 0) is 18.4 Å². The van der Waals surface area contributed by atoms with Crippen LogP contribution in [-0.4, -0.2) is 77.2 Å². The number of nitrogens with zero attached hydrogens (tertiary/aromatic N) is 5. The van der Waals surface area contributed by atoms with Crippen LogP contribution in [0.3, 0.4) is 0 Å². The van der Waals surface area contributed by atoms with E-state index in [1.807, 2.05) is 17.0 Å². The van der Waals surface area contributed by atoms with Crippen molar-refractivity contribution in [1.29, 1.82) is 0 Å². The molecular formula is C23H28ClN5OS. The number of amides is 1. The minimum Gasteiger partial charge on any atom is -0.354 e. The summed E-state index contributed by atoms with van der Waals surface area (Å²) in [7, 11) is 0. The number of aromatic nitrogens is 2. The van der Waals surface area contributed by atoms with Crippen molar-refractivity contribution in [2.24, 2.45) is 0 Å². The first-order chi connectivity index (χ1) is 15.2. The molecule has 31 heavy (non-hydrogen) atoms. The summed E-state index contributed by atoms with van der Waals surface area (Å²) in [5, 5.41) is 0.998. The van der Waals surface area contributed by atoms with E-state index in [9.17, 15) is 4.79 Å². The van der Waals surface area contributed by atoms with Gasteiger partial charge >= 0.3 is 0 Å². The molecular weight excluding hydrogens is 430 g/mol. The fraction of sp³-hybridized carbons (Fsp3) is 0.435. The number of hydrogen-bond acceptors (Lipinski definition) is 6. The van der Waals surface area contributed by atoms with E-state index < -0.39 is 0 Å². The lowest BCUT2D eigenvalue weighted by molar-refractivity contribution is -0.127. The van der Waals surface area contributed by atoms with Gasteiger partial charge in [-0.15, -0.1) is 0 Å². The second kappa shape index (κ2) is 11.0. The maximum atomic E-state index is 12.3. The number of benzene rings is 1. The molecule has 2 fully saturated rings.